The Morgan fingerprint density at radius 1 is 1.00 bits per heavy atom. The molecule has 1 unspecified atom stereocenters. The molecule has 0 aliphatic carbocycles. The molecule has 2 heterocycles. The molecule has 0 spiro atoms. The monoisotopic (exact) mass is 777 g/mol. The summed E-state index contributed by atoms with van der Waals surface area (Å²) in [7, 11) is -1.99. The van der Waals surface area contributed by atoms with E-state index in [0.29, 0.717) is 11.0 Å². The van der Waals surface area contributed by atoms with Crippen LogP contribution in [0.3, 0.4) is 0 Å². The number of phenols is 3. The summed E-state index contributed by atoms with van der Waals surface area (Å²) in [6.45, 7) is -0.815. The van der Waals surface area contributed by atoms with Gasteiger partial charge in [-0.1, -0.05) is 23.7 Å². The van der Waals surface area contributed by atoms with Gasteiger partial charge in [-0.25, -0.2) is 22.8 Å². The van der Waals surface area contributed by atoms with Crippen LogP contribution < -0.4 is 20.6 Å². The standard InChI is InChI=1S/C32H28BClF3N5O12/c34-21-15(12-17(36)24(44)25(21)45)23(28(47)39-19-11-13-5-6-16(35)20(31(50)51)26(13)54-33(19)53)40-32(52)42-10-9-41(29(48)30(42)49)8-2-7-38-27(46)14-3-1-4-18(43)22(14)37/h1,3-6,12,19,23,43-45,53H,2,7-11H2,(H,38,46)(H,39,47)(H,40,52)(H,50,51)/t19-,23?/m0/s1. The van der Waals surface area contributed by atoms with Crippen molar-refractivity contribution in [2.45, 2.75) is 24.8 Å². The molecule has 3 aromatic carbocycles. The van der Waals surface area contributed by atoms with Gasteiger partial charge in [-0.05, 0) is 42.7 Å². The molecule has 5 rings (SSSR count). The summed E-state index contributed by atoms with van der Waals surface area (Å²) < 4.78 is 48.0. The molecule has 6 amide bonds. The summed E-state index contributed by atoms with van der Waals surface area (Å²) in [5, 5.41) is 55.5. The average Bonchev–Trinajstić information content (AvgIpc) is 3.12. The first-order valence-electron chi connectivity index (χ1n) is 15.8. The highest BCUT2D eigenvalue weighted by Crippen LogP contribution is 2.40. The number of carboxylic acid groups (broad SMARTS) is 1. The van der Waals surface area contributed by atoms with Crippen molar-refractivity contribution < 1.29 is 72.0 Å². The maximum atomic E-state index is 14.6. The first kappa shape index (κ1) is 39.0. The first-order valence-corrected chi connectivity index (χ1v) is 16.2. The summed E-state index contributed by atoms with van der Waals surface area (Å²) in [5.74, 6) is -15.3. The average molecular weight is 778 g/mol. The summed E-state index contributed by atoms with van der Waals surface area (Å²) in [5.41, 5.74) is -1.90. The van der Waals surface area contributed by atoms with Gasteiger partial charge >= 0.3 is 30.9 Å². The van der Waals surface area contributed by atoms with Gasteiger partial charge in [0.25, 0.3) is 5.91 Å². The zero-order valence-corrected chi connectivity index (χ0v) is 28.2. The Morgan fingerprint density at radius 2 is 1.72 bits per heavy atom. The van der Waals surface area contributed by atoms with Crippen LogP contribution in [-0.4, -0.2) is 110 Å². The number of carbonyl (C=O) groups excluding carboxylic acids is 5. The van der Waals surface area contributed by atoms with E-state index >= 15 is 0 Å². The van der Waals surface area contributed by atoms with Crippen molar-refractivity contribution in [3.8, 4) is 23.0 Å². The molecular weight excluding hydrogens is 750 g/mol. The van der Waals surface area contributed by atoms with Gasteiger partial charge in [-0.2, -0.15) is 0 Å². The van der Waals surface area contributed by atoms with Crippen molar-refractivity contribution in [2.75, 3.05) is 26.2 Å². The van der Waals surface area contributed by atoms with Crippen molar-refractivity contribution in [3.63, 3.8) is 0 Å². The number of benzene rings is 3. The van der Waals surface area contributed by atoms with Crippen molar-refractivity contribution in [3.05, 3.63) is 81.1 Å². The van der Waals surface area contributed by atoms with Crippen LogP contribution in [0.1, 0.15) is 44.3 Å². The van der Waals surface area contributed by atoms with Gasteiger partial charge in [0.15, 0.2) is 28.9 Å². The number of hydrogen-bond acceptors (Lipinski definition) is 11. The highest BCUT2D eigenvalue weighted by molar-refractivity contribution is 6.47. The summed E-state index contributed by atoms with van der Waals surface area (Å²) in [6, 6.07) is 2.46. The molecule has 284 valence electrons. The van der Waals surface area contributed by atoms with Gasteiger partial charge in [-0.15, -0.1) is 0 Å². The number of fused-ring (bicyclic) bond motifs is 1. The molecule has 54 heavy (non-hydrogen) atoms. The number of urea groups is 1. The Bertz CT molecular complexity index is 2080. The lowest BCUT2D eigenvalue weighted by molar-refractivity contribution is -0.153. The molecule has 3 aromatic rings. The van der Waals surface area contributed by atoms with Gasteiger partial charge in [0.05, 0.1) is 16.5 Å². The second-order valence-electron chi connectivity index (χ2n) is 11.9. The van der Waals surface area contributed by atoms with E-state index in [0.717, 1.165) is 29.2 Å². The molecule has 17 nitrogen and oxygen atoms in total. The van der Waals surface area contributed by atoms with Crippen molar-refractivity contribution in [2.24, 2.45) is 0 Å². The van der Waals surface area contributed by atoms with Crippen LogP contribution in [0.2, 0.25) is 5.02 Å². The molecule has 0 bridgehead atoms. The second kappa shape index (κ2) is 15.8. The number of aromatic carboxylic acids is 1. The van der Waals surface area contributed by atoms with Gasteiger partial charge in [0.1, 0.15) is 23.2 Å². The fourth-order valence-corrected chi connectivity index (χ4v) is 5.94. The normalized spacial score (nSPS) is 15.9. The molecule has 0 aromatic heterocycles. The number of nitrogens with one attached hydrogen (secondary N) is 3. The lowest BCUT2D eigenvalue weighted by atomic mass is 9.72. The van der Waals surface area contributed by atoms with Crippen molar-refractivity contribution >= 4 is 54.3 Å². The maximum Gasteiger partial charge on any atom is 0.547 e. The highest BCUT2D eigenvalue weighted by atomic mass is 35.5. The zero-order valence-electron chi connectivity index (χ0n) is 27.4. The summed E-state index contributed by atoms with van der Waals surface area (Å²) in [4.78, 5) is 78.3. The van der Waals surface area contributed by atoms with E-state index in [2.05, 4.69) is 16.0 Å². The molecule has 8 N–H and O–H groups in total. The van der Waals surface area contributed by atoms with Gasteiger partial charge < -0.3 is 51.0 Å². The number of phenolic OH excluding ortho intramolecular Hbond substituents is 3. The lowest BCUT2D eigenvalue weighted by Crippen LogP contribution is -2.60. The van der Waals surface area contributed by atoms with Crippen LogP contribution in [-0.2, 0) is 20.8 Å². The van der Waals surface area contributed by atoms with Crippen LogP contribution in [0.15, 0.2) is 36.4 Å². The van der Waals surface area contributed by atoms with Gasteiger partial charge in [0, 0.05) is 31.7 Å². The Balaban J connectivity index is 1.28. The smallest absolute Gasteiger partial charge is 0.534 e. The number of piperazine rings is 1. The molecule has 1 saturated heterocycles. The molecular formula is C32H28BClF3N5O12. The number of aromatic hydroxyl groups is 3. The summed E-state index contributed by atoms with van der Waals surface area (Å²) in [6.07, 6.45) is -0.264. The topological polar surface area (TPSA) is 255 Å². The minimum atomic E-state index is -2.09. The van der Waals surface area contributed by atoms with E-state index < -0.39 is 123 Å². The molecule has 2 atom stereocenters. The second-order valence-corrected chi connectivity index (χ2v) is 12.3. The minimum Gasteiger partial charge on any atom is -0.534 e. The quantitative estimate of drug-likeness (QED) is 0.0620. The van der Waals surface area contributed by atoms with E-state index in [1.165, 1.54) is 6.07 Å². The van der Waals surface area contributed by atoms with E-state index in [4.69, 9.17) is 16.3 Å². The van der Waals surface area contributed by atoms with Gasteiger partial charge in [-0.3, -0.25) is 24.1 Å². The SMILES string of the molecule is O=C(NCCCN1CCN(C(=O)NC(C(=O)N[C@H]2Cc3ccc(F)c(C(=O)O)c3OB2O)c2cc(F)c(O)c(O)c2Cl)C(=O)C1=O)c1cccc(O)c1F. The summed E-state index contributed by atoms with van der Waals surface area (Å²) >= 11 is 6.11. The fraction of sp³-hybridized carbons (Fsp3) is 0.250. The Labute approximate surface area is 307 Å². The molecule has 2 aliphatic rings. The predicted octanol–water partition coefficient (Wildman–Crippen LogP) is 0.954. The largest absolute Gasteiger partial charge is 0.547 e. The predicted molar refractivity (Wildman–Crippen MR) is 177 cm³/mol. The van der Waals surface area contributed by atoms with Crippen LogP contribution >= 0.6 is 11.6 Å². The minimum absolute atomic E-state index is 0.0473. The van der Waals surface area contributed by atoms with Gasteiger partial charge in [0.2, 0.25) is 5.91 Å². The molecule has 0 saturated carbocycles. The number of nitrogens with zero attached hydrogens (tertiary/aromatic N) is 2. The first-order chi connectivity index (χ1) is 25.5. The van der Waals surface area contributed by atoms with Crippen molar-refractivity contribution in [1.82, 2.24) is 25.8 Å². The zero-order chi connectivity index (χ0) is 39.6. The Kier molecular flexibility index (Phi) is 11.4. The lowest BCUT2D eigenvalue weighted by Gasteiger charge is -2.34. The Hall–Kier alpha value is -6.22. The maximum absolute atomic E-state index is 14.6. The number of carbonyl (C=O) groups is 6. The molecule has 22 heteroatoms. The van der Waals surface area contributed by atoms with Crippen LogP contribution in [0, 0.1) is 17.5 Å². The van der Waals surface area contributed by atoms with Crippen molar-refractivity contribution in [1.29, 1.82) is 0 Å². The number of imide groups is 1. The fourth-order valence-electron chi connectivity index (χ4n) is 5.69. The number of hydrogen-bond donors (Lipinski definition) is 8. The number of rotatable bonds is 10. The number of halogens is 4. The molecule has 2 aliphatic heterocycles. The number of amides is 6. The van der Waals surface area contributed by atoms with E-state index in [1.54, 1.807) is 0 Å². The third kappa shape index (κ3) is 7.76. The van der Waals surface area contributed by atoms with E-state index in [-0.39, 0.29) is 38.0 Å². The van der Waals surface area contributed by atoms with E-state index in [9.17, 15) is 67.4 Å². The molecule has 0 radical (unpaired) electrons. The highest BCUT2D eigenvalue weighted by Gasteiger charge is 2.42. The van der Waals surface area contributed by atoms with Crippen LogP contribution in [0.4, 0.5) is 18.0 Å². The van der Waals surface area contributed by atoms with E-state index in [1.807, 2.05) is 0 Å². The van der Waals surface area contributed by atoms with Crippen LogP contribution in [0.25, 0.3) is 0 Å². The Morgan fingerprint density at radius 3 is 2.43 bits per heavy atom. The third-order valence-corrected chi connectivity index (χ3v) is 8.85. The number of carboxylic acids is 1. The molecule has 1 fully saturated rings. The van der Waals surface area contributed by atoms with Crippen LogP contribution in [0.5, 0.6) is 23.0 Å². The third-order valence-electron chi connectivity index (χ3n) is 8.45.